The standard InChI is InChI=1S/C31H31N3O5/c35-27-16-12-22(13-17-27)20-33-30(37)28(11-6-18-32-31(38)39-21-23-7-2-1-3-8-23)34-29(36)26-15-14-24-9-4-5-10-25(24)19-26/h1-5,7-10,12-17,19,28,35H,6,11,18,20-21H2,(H,32,38)(H,33,37)(H,34,36). The van der Waals surface area contributed by atoms with Gasteiger partial charge in [-0.3, -0.25) is 9.59 Å². The number of phenols is 1. The van der Waals surface area contributed by atoms with E-state index in [1.165, 1.54) is 0 Å². The number of rotatable bonds is 11. The quantitative estimate of drug-likeness (QED) is 0.213. The SMILES string of the molecule is O=C(NCCCC(NC(=O)c1ccc2ccccc2c1)C(=O)NCc1ccc(O)cc1)OCc1ccccc1. The molecule has 4 N–H and O–H groups in total. The summed E-state index contributed by atoms with van der Waals surface area (Å²) in [5, 5.41) is 19.8. The molecule has 8 heteroatoms. The van der Waals surface area contributed by atoms with Crippen LogP contribution in [0.4, 0.5) is 4.79 Å². The summed E-state index contributed by atoms with van der Waals surface area (Å²) in [4.78, 5) is 38.2. The molecule has 1 atom stereocenters. The first-order valence-corrected chi connectivity index (χ1v) is 12.8. The zero-order valence-corrected chi connectivity index (χ0v) is 21.4. The highest BCUT2D eigenvalue weighted by Gasteiger charge is 2.21. The zero-order valence-electron chi connectivity index (χ0n) is 21.4. The summed E-state index contributed by atoms with van der Waals surface area (Å²) in [6.07, 6.45) is 0.197. The number of phenolic OH excluding ortho intramolecular Hbond substituents is 1. The van der Waals surface area contributed by atoms with E-state index in [2.05, 4.69) is 16.0 Å². The average molecular weight is 526 g/mol. The van der Waals surface area contributed by atoms with Gasteiger partial charge in [-0.2, -0.15) is 0 Å². The Balaban J connectivity index is 1.33. The van der Waals surface area contributed by atoms with Crippen molar-refractivity contribution >= 4 is 28.7 Å². The summed E-state index contributed by atoms with van der Waals surface area (Å²) in [6, 6.07) is 28.2. The Hall–Kier alpha value is -4.85. The number of hydrogen-bond donors (Lipinski definition) is 4. The van der Waals surface area contributed by atoms with E-state index in [1.807, 2.05) is 60.7 Å². The summed E-state index contributed by atoms with van der Waals surface area (Å²) in [6.45, 7) is 0.684. The highest BCUT2D eigenvalue weighted by molar-refractivity contribution is 6.00. The molecule has 4 rings (SSSR count). The minimum absolute atomic E-state index is 0.139. The summed E-state index contributed by atoms with van der Waals surface area (Å²) in [5.41, 5.74) is 2.14. The van der Waals surface area contributed by atoms with Crippen LogP contribution >= 0.6 is 0 Å². The van der Waals surface area contributed by atoms with Crippen molar-refractivity contribution in [1.82, 2.24) is 16.0 Å². The Kier molecular flexibility index (Phi) is 9.50. The topological polar surface area (TPSA) is 117 Å². The van der Waals surface area contributed by atoms with Crippen LogP contribution in [0.25, 0.3) is 10.8 Å². The number of nitrogens with one attached hydrogen (secondary N) is 3. The van der Waals surface area contributed by atoms with Crippen LogP contribution in [0.1, 0.15) is 34.3 Å². The smallest absolute Gasteiger partial charge is 0.407 e. The van der Waals surface area contributed by atoms with E-state index in [1.54, 1.807) is 36.4 Å². The number of carbonyl (C=O) groups is 3. The molecule has 0 spiro atoms. The molecule has 0 heterocycles. The molecule has 0 aliphatic heterocycles. The second kappa shape index (κ2) is 13.6. The van der Waals surface area contributed by atoms with Crippen molar-refractivity contribution in [3.8, 4) is 5.75 Å². The number of amides is 3. The third-order valence-corrected chi connectivity index (χ3v) is 6.19. The Morgan fingerprint density at radius 3 is 2.26 bits per heavy atom. The predicted octanol–water partition coefficient (Wildman–Crippen LogP) is 4.67. The molecule has 0 aliphatic carbocycles. The predicted molar refractivity (Wildman–Crippen MR) is 149 cm³/mol. The minimum atomic E-state index is -0.816. The number of benzene rings is 4. The number of carbonyl (C=O) groups excluding carboxylic acids is 3. The van der Waals surface area contributed by atoms with Gasteiger partial charge in [0, 0.05) is 18.7 Å². The first kappa shape index (κ1) is 27.2. The Bertz CT molecular complexity index is 1410. The van der Waals surface area contributed by atoms with Gasteiger partial charge in [0.2, 0.25) is 5.91 Å². The van der Waals surface area contributed by atoms with Crippen LogP contribution in [0.5, 0.6) is 5.75 Å². The molecular formula is C31H31N3O5. The van der Waals surface area contributed by atoms with Gasteiger partial charge in [-0.15, -0.1) is 0 Å². The number of alkyl carbamates (subject to hydrolysis) is 1. The van der Waals surface area contributed by atoms with Gasteiger partial charge in [-0.25, -0.2) is 4.79 Å². The van der Waals surface area contributed by atoms with Crippen molar-refractivity contribution < 1.29 is 24.2 Å². The summed E-state index contributed by atoms with van der Waals surface area (Å²) < 4.78 is 5.22. The molecule has 39 heavy (non-hydrogen) atoms. The van der Waals surface area contributed by atoms with Gasteiger partial charge in [0.05, 0.1) is 0 Å². The van der Waals surface area contributed by atoms with Crippen LogP contribution in [0.2, 0.25) is 0 Å². The van der Waals surface area contributed by atoms with Crippen molar-refractivity contribution in [3.05, 3.63) is 114 Å². The Morgan fingerprint density at radius 2 is 1.49 bits per heavy atom. The minimum Gasteiger partial charge on any atom is -0.508 e. The van der Waals surface area contributed by atoms with E-state index in [4.69, 9.17) is 4.74 Å². The Labute approximate surface area is 227 Å². The lowest BCUT2D eigenvalue weighted by atomic mass is 10.1. The lowest BCUT2D eigenvalue weighted by Crippen LogP contribution is -2.46. The first-order chi connectivity index (χ1) is 19.0. The van der Waals surface area contributed by atoms with Gasteiger partial charge in [-0.05, 0) is 59.0 Å². The average Bonchev–Trinajstić information content (AvgIpc) is 2.97. The monoisotopic (exact) mass is 525 g/mol. The molecule has 4 aromatic rings. The third-order valence-electron chi connectivity index (χ3n) is 6.19. The molecule has 0 aromatic heterocycles. The molecule has 1 unspecified atom stereocenters. The van der Waals surface area contributed by atoms with Crippen LogP contribution < -0.4 is 16.0 Å². The Morgan fingerprint density at radius 1 is 0.769 bits per heavy atom. The fourth-order valence-electron chi connectivity index (χ4n) is 4.04. The van der Waals surface area contributed by atoms with E-state index >= 15 is 0 Å². The second-order valence-corrected chi connectivity index (χ2v) is 9.10. The summed E-state index contributed by atoms with van der Waals surface area (Å²) in [7, 11) is 0. The van der Waals surface area contributed by atoms with Gasteiger partial charge >= 0.3 is 6.09 Å². The van der Waals surface area contributed by atoms with Crippen molar-refractivity contribution in [2.45, 2.75) is 32.0 Å². The second-order valence-electron chi connectivity index (χ2n) is 9.10. The first-order valence-electron chi connectivity index (χ1n) is 12.8. The molecule has 0 aliphatic rings. The van der Waals surface area contributed by atoms with Crippen LogP contribution in [-0.2, 0) is 22.7 Å². The zero-order chi connectivity index (χ0) is 27.5. The van der Waals surface area contributed by atoms with Crippen LogP contribution in [0, 0.1) is 0 Å². The van der Waals surface area contributed by atoms with Crippen molar-refractivity contribution in [3.63, 3.8) is 0 Å². The van der Waals surface area contributed by atoms with Crippen LogP contribution in [-0.4, -0.2) is 35.6 Å². The van der Waals surface area contributed by atoms with Gasteiger partial charge in [0.25, 0.3) is 5.91 Å². The third kappa shape index (κ3) is 8.33. The highest BCUT2D eigenvalue weighted by atomic mass is 16.5. The molecule has 0 saturated heterocycles. The van der Waals surface area contributed by atoms with Gasteiger partial charge < -0.3 is 25.8 Å². The molecule has 200 valence electrons. The maximum atomic E-state index is 13.1. The molecule has 0 radical (unpaired) electrons. The highest BCUT2D eigenvalue weighted by Crippen LogP contribution is 2.16. The van der Waals surface area contributed by atoms with Gasteiger partial charge in [0.1, 0.15) is 18.4 Å². The van der Waals surface area contributed by atoms with Crippen LogP contribution in [0.15, 0.2) is 97.1 Å². The number of hydrogen-bond acceptors (Lipinski definition) is 5. The van der Waals surface area contributed by atoms with E-state index < -0.39 is 12.1 Å². The molecule has 0 fully saturated rings. The normalized spacial score (nSPS) is 11.4. The molecule has 0 saturated carbocycles. The van der Waals surface area contributed by atoms with Crippen molar-refractivity contribution in [2.24, 2.45) is 0 Å². The van der Waals surface area contributed by atoms with Gasteiger partial charge in [0.15, 0.2) is 0 Å². The molecule has 0 bridgehead atoms. The molecule has 3 amide bonds. The van der Waals surface area contributed by atoms with E-state index in [0.29, 0.717) is 18.4 Å². The number of fused-ring (bicyclic) bond motifs is 1. The maximum absolute atomic E-state index is 13.1. The van der Waals surface area contributed by atoms with E-state index in [-0.39, 0.29) is 37.3 Å². The fraction of sp³-hybridized carbons (Fsp3) is 0.194. The van der Waals surface area contributed by atoms with Crippen molar-refractivity contribution in [1.29, 1.82) is 0 Å². The largest absolute Gasteiger partial charge is 0.508 e. The van der Waals surface area contributed by atoms with E-state index in [9.17, 15) is 19.5 Å². The number of aromatic hydroxyl groups is 1. The lowest BCUT2D eigenvalue weighted by molar-refractivity contribution is -0.123. The fourth-order valence-corrected chi connectivity index (χ4v) is 4.04. The van der Waals surface area contributed by atoms with Crippen molar-refractivity contribution in [2.75, 3.05) is 6.54 Å². The lowest BCUT2D eigenvalue weighted by Gasteiger charge is -2.19. The molecule has 8 nitrogen and oxygen atoms in total. The summed E-state index contributed by atoms with van der Waals surface area (Å²) >= 11 is 0. The molecular weight excluding hydrogens is 494 g/mol. The van der Waals surface area contributed by atoms with E-state index in [0.717, 1.165) is 21.9 Å². The maximum Gasteiger partial charge on any atom is 0.407 e. The number of ether oxygens (including phenoxy) is 1. The summed E-state index contributed by atoms with van der Waals surface area (Å²) in [5.74, 6) is -0.565. The van der Waals surface area contributed by atoms with Crippen LogP contribution in [0.3, 0.4) is 0 Å². The molecule has 4 aromatic carbocycles. The van der Waals surface area contributed by atoms with Gasteiger partial charge in [-0.1, -0.05) is 72.8 Å².